The minimum atomic E-state index is -1.10. The van der Waals surface area contributed by atoms with E-state index in [1.54, 1.807) is 29.6 Å². The van der Waals surface area contributed by atoms with Crippen LogP contribution in [0.1, 0.15) is 25.3 Å². The minimum Gasteiger partial charge on any atom is -0.386 e. The van der Waals surface area contributed by atoms with Crippen molar-refractivity contribution < 1.29 is 0 Å². The van der Waals surface area contributed by atoms with Gasteiger partial charge in [-0.1, -0.05) is 43.6 Å². The van der Waals surface area contributed by atoms with Gasteiger partial charge in [-0.15, -0.1) is 23.5 Å². The maximum absolute atomic E-state index is 10.2. The van der Waals surface area contributed by atoms with E-state index in [1.165, 1.54) is 0 Å². The number of benzene rings is 1. The number of hydrogen-bond donors (Lipinski definition) is 1. The van der Waals surface area contributed by atoms with E-state index in [4.69, 9.17) is 17.3 Å². The maximum atomic E-state index is 10.2. The molecule has 1 aromatic rings. The van der Waals surface area contributed by atoms with Crippen molar-refractivity contribution in [2.45, 2.75) is 24.0 Å². The first kappa shape index (κ1) is 17.5. The van der Waals surface area contributed by atoms with Gasteiger partial charge in [0.15, 0.2) is 4.20 Å². The first-order chi connectivity index (χ1) is 11.5. The summed E-state index contributed by atoms with van der Waals surface area (Å²) in [6, 6.07) is 12.2. The van der Waals surface area contributed by atoms with E-state index in [0.29, 0.717) is 5.02 Å². The van der Waals surface area contributed by atoms with Crippen molar-refractivity contribution in [2.75, 3.05) is 11.5 Å². The molecule has 0 aromatic heterocycles. The summed E-state index contributed by atoms with van der Waals surface area (Å²) in [5.41, 5.74) is 4.96. The Hall–Kier alpha value is -1.34. The highest BCUT2D eigenvalue weighted by molar-refractivity contribution is 8.18. The summed E-state index contributed by atoms with van der Waals surface area (Å²) in [6.45, 7) is 4.05. The average Bonchev–Trinajstić information content (AvgIpc) is 3.14. The molecular formula is C17H17ClN4S2. The molecule has 24 heavy (non-hydrogen) atoms. The summed E-state index contributed by atoms with van der Waals surface area (Å²) < 4.78 is -0.769. The molecule has 1 heterocycles. The predicted octanol–water partition coefficient (Wildman–Crippen LogP) is 3.99. The van der Waals surface area contributed by atoms with E-state index in [2.05, 4.69) is 17.1 Å². The van der Waals surface area contributed by atoms with Crippen molar-refractivity contribution in [1.82, 2.24) is 0 Å². The van der Waals surface area contributed by atoms with Crippen LogP contribution in [0.3, 0.4) is 0 Å². The van der Waals surface area contributed by atoms with Crippen molar-refractivity contribution in [3.05, 3.63) is 34.9 Å². The molecule has 0 amide bonds. The van der Waals surface area contributed by atoms with Crippen molar-refractivity contribution in [3.8, 4) is 12.1 Å². The van der Waals surface area contributed by atoms with Crippen LogP contribution in [0.25, 0.3) is 0 Å². The molecular weight excluding hydrogens is 360 g/mol. The van der Waals surface area contributed by atoms with E-state index >= 15 is 0 Å². The number of rotatable bonds is 5. The van der Waals surface area contributed by atoms with Crippen LogP contribution in [0, 0.1) is 33.5 Å². The van der Waals surface area contributed by atoms with Gasteiger partial charge in [0.2, 0.25) is 0 Å². The molecule has 1 saturated carbocycles. The van der Waals surface area contributed by atoms with E-state index in [1.807, 2.05) is 32.0 Å². The third kappa shape index (κ3) is 1.80. The van der Waals surface area contributed by atoms with Crippen LogP contribution in [-0.4, -0.2) is 21.5 Å². The van der Waals surface area contributed by atoms with Crippen LogP contribution in [0.5, 0.6) is 0 Å². The second kappa shape index (κ2) is 5.88. The highest BCUT2D eigenvalue weighted by Crippen LogP contribution is 2.85. The summed E-state index contributed by atoms with van der Waals surface area (Å²) in [5.74, 6) is 1.47. The van der Waals surface area contributed by atoms with Crippen molar-refractivity contribution in [3.63, 3.8) is 0 Å². The van der Waals surface area contributed by atoms with Crippen molar-refractivity contribution >= 4 is 41.0 Å². The lowest BCUT2D eigenvalue weighted by atomic mass is 9.97. The summed E-state index contributed by atoms with van der Waals surface area (Å²) in [5, 5.41) is 20.8. The van der Waals surface area contributed by atoms with Gasteiger partial charge in [-0.2, -0.15) is 10.5 Å². The molecule has 1 fully saturated rings. The summed E-state index contributed by atoms with van der Waals surface area (Å²) >= 11 is 9.56. The van der Waals surface area contributed by atoms with Gasteiger partial charge < -0.3 is 5.73 Å². The number of thioether (sulfide) groups is 2. The predicted molar refractivity (Wildman–Crippen MR) is 101 cm³/mol. The molecule has 2 N–H and O–H groups in total. The molecule has 3 rings (SSSR count). The molecule has 7 heteroatoms. The molecule has 0 spiro atoms. The number of nitrogens with zero attached hydrogens (tertiary/aromatic N) is 3. The SMILES string of the molecule is CCSC1(SCC)N=C(N)C2(C#N)C(c3ccccc3Cl)C12C#N. The van der Waals surface area contributed by atoms with Gasteiger partial charge in [0.1, 0.15) is 16.7 Å². The largest absolute Gasteiger partial charge is 0.386 e. The fourth-order valence-electron chi connectivity index (χ4n) is 3.93. The standard InChI is InChI=1S/C17H17ClN4S2/c1-3-23-17(24-4-2)16(10-20)13(11-7-5-6-8-12(11)18)15(16,9-19)14(21)22-17/h5-8,13H,3-4H2,1-2H3,(H2,21,22). The normalized spacial score (nSPS) is 32.4. The quantitative estimate of drug-likeness (QED) is 0.785. The number of nitriles is 2. The smallest absolute Gasteiger partial charge is 0.175 e. The fraction of sp³-hybridized carbons (Fsp3) is 0.471. The second-order valence-electron chi connectivity index (χ2n) is 5.74. The Morgan fingerprint density at radius 3 is 2.33 bits per heavy atom. The zero-order valence-corrected chi connectivity index (χ0v) is 15.8. The van der Waals surface area contributed by atoms with E-state index in [-0.39, 0.29) is 11.8 Å². The van der Waals surface area contributed by atoms with Gasteiger partial charge in [-0.05, 0) is 23.1 Å². The highest BCUT2D eigenvalue weighted by Gasteiger charge is 2.92. The van der Waals surface area contributed by atoms with E-state index < -0.39 is 15.0 Å². The summed E-state index contributed by atoms with van der Waals surface area (Å²) in [4.78, 5) is 4.65. The molecule has 0 radical (unpaired) electrons. The van der Waals surface area contributed by atoms with Crippen LogP contribution in [0.2, 0.25) is 5.02 Å². The molecule has 4 nitrogen and oxygen atoms in total. The first-order valence-corrected chi connectivity index (χ1v) is 10.1. The number of hydrogen-bond acceptors (Lipinski definition) is 6. The minimum absolute atomic E-state index is 0.262. The van der Waals surface area contributed by atoms with Gasteiger partial charge in [-0.25, -0.2) is 4.99 Å². The number of nitrogens with two attached hydrogens (primary N) is 1. The van der Waals surface area contributed by atoms with E-state index in [9.17, 15) is 10.5 Å². The summed E-state index contributed by atoms with van der Waals surface area (Å²) in [6.07, 6.45) is 0. The monoisotopic (exact) mass is 376 g/mol. The number of fused-ring (bicyclic) bond motifs is 1. The third-order valence-electron chi connectivity index (χ3n) is 4.82. The fourth-order valence-corrected chi connectivity index (χ4v) is 7.42. The maximum Gasteiger partial charge on any atom is 0.175 e. The first-order valence-electron chi connectivity index (χ1n) is 7.72. The Kier molecular flexibility index (Phi) is 4.28. The zero-order valence-electron chi connectivity index (χ0n) is 13.4. The molecule has 0 bridgehead atoms. The van der Waals surface area contributed by atoms with Crippen LogP contribution in [0.4, 0.5) is 0 Å². The highest BCUT2D eigenvalue weighted by atomic mass is 35.5. The molecule has 0 saturated heterocycles. The summed E-state index contributed by atoms with van der Waals surface area (Å²) in [7, 11) is 0. The second-order valence-corrected chi connectivity index (χ2v) is 9.32. The van der Waals surface area contributed by atoms with Gasteiger partial charge in [0.25, 0.3) is 0 Å². The van der Waals surface area contributed by atoms with E-state index in [0.717, 1.165) is 17.1 Å². The van der Waals surface area contributed by atoms with Gasteiger partial charge in [0.05, 0.1) is 12.1 Å². The van der Waals surface area contributed by atoms with Gasteiger partial charge in [0, 0.05) is 10.9 Å². The lowest BCUT2D eigenvalue weighted by Crippen LogP contribution is -2.31. The number of halogens is 1. The van der Waals surface area contributed by atoms with Crippen LogP contribution >= 0.6 is 35.1 Å². The van der Waals surface area contributed by atoms with Crippen LogP contribution in [-0.2, 0) is 0 Å². The Bertz CT molecular complexity index is 791. The Labute approximate surface area is 155 Å². The molecule has 1 aliphatic carbocycles. The lowest BCUT2D eigenvalue weighted by Gasteiger charge is -2.31. The molecule has 3 atom stereocenters. The lowest BCUT2D eigenvalue weighted by molar-refractivity contribution is 0.564. The Balaban J connectivity index is 2.25. The van der Waals surface area contributed by atoms with Gasteiger partial charge in [-0.3, -0.25) is 0 Å². The van der Waals surface area contributed by atoms with Crippen LogP contribution in [0.15, 0.2) is 29.3 Å². The van der Waals surface area contributed by atoms with Crippen molar-refractivity contribution in [2.24, 2.45) is 21.6 Å². The zero-order chi connectivity index (χ0) is 17.6. The Morgan fingerprint density at radius 2 is 1.83 bits per heavy atom. The molecule has 1 aliphatic heterocycles. The molecule has 3 unspecified atom stereocenters. The van der Waals surface area contributed by atoms with Crippen LogP contribution < -0.4 is 5.73 Å². The van der Waals surface area contributed by atoms with Gasteiger partial charge >= 0.3 is 0 Å². The average molecular weight is 377 g/mol. The van der Waals surface area contributed by atoms with Crippen molar-refractivity contribution in [1.29, 1.82) is 10.5 Å². The number of amidine groups is 1. The molecule has 2 aliphatic rings. The Morgan fingerprint density at radius 1 is 1.21 bits per heavy atom. The number of aliphatic imine (C=N–C) groups is 1. The third-order valence-corrected chi connectivity index (χ3v) is 8.06. The topological polar surface area (TPSA) is 86.0 Å². The molecule has 124 valence electrons. The molecule has 1 aromatic carbocycles.